The lowest BCUT2D eigenvalue weighted by molar-refractivity contribution is -0.139. The zero-order valence-corrected chi connectivity index (χ0v) is 16.4. The van der Waals surface area contributed by atoms with Gasteiger partial charge in [0.05, 0.1) is 25.2 Å². The molecule has 3 rings (SSSR count). The second-order valence-corrected chi connectivity index (χ2v) is 6.94. The van der Waals surface area contributed by atoms with Gasteiger partial charge in [0.25, 0.3) is 5.91 Å². The van der Waals surface area contributed by atoms with Gasteiger partial charge in [0, 0.05) is 27.2 Å². The zero-order chi connectivity index (χ0) is 20.6. The molecule has 2 aromatic carbocycles. The molecule has 7 heteroatoms. The first-order valence-corrected chi connectivity index (χ1v) is 9.01. The van der Waals surface area contributed by atoms with Crippen molar-refractivity contribution in [2.75, 3.05) is 7.11 Å². The van der Waals surface area contributed by atoms with E-state index in [-0.39, 0.29) is 23.3 Å². The van der Waals surface area contributed by atoms with E-state index in [4.69, 9.17) is 16.3 Å². The van der Waals surface area contributed by atoms with Crippen LogP contribution in [0.3, 0.4) is 0 Å². The molecule has 0 aliphatic rings. The quantitative estimate of drug-likeness (QED) is 0.663. The number of aliphatic hydroxyl groups excluding tert-OH is 1. The number of benzene rings is 2. The lowest BCUT2D eigenvalue weighted by Crippen LogP contribution is -2.14. The predicted octanol–water partition coefficient (Wildman–Crippen LogP) is 4.20. The Labute approximate surface area is 166 Å². The van der Waals surface area contributed by atoms with Crippen LogP contribution in [-0.2, 0) is 16.0 Å². The molecule has 0 aliphatic carbocycles. The third-order valence-electron chi connectivity index (χ3n) is 4.76. The fourth-order valence-corrected chi connectivity index (χ4v) is 3.42. The highest BCUT2D eigenvalue weighted by atomic mass is 35.5. The Kier molecular flexibility index (Phi) is 5.54. The number of esters is 1. The number of aromatic nitrogens is 1. The summed E-state index contributed by atoms with van der Waals surface area (Å²) in [6.07, 6.45) is -1.23. The first-order chi connectivity index (χ1) is 13.3. The topological polar surface area (TPSA) is 68.5 Å². The average Bonchev–Trinajstić information content (AvgIpc) is 2.94. The minimum absolute atomic E-state index is 0.0923. The molecule has 0 saturated carbocycles. The van der Waals surface area contributed by atoms with Crippen LogP contribution in [0.25, 0.3) is 10.9 Å². The van der Waals surface area contributed by atoms with E-state index < -0.39 is 17.9 Å². The summed E-state index contributed by atoms with van der Waals surface area (Å²) in [5, 5.41) is 10.5. The van der Waals surface area contributed by atoms with Crippen LogP contribution < -0.4 is 0 Å². The number of halogens is 2. The minimum atomic E-state index is -1.04. The van der Waals surface area contributed by atoms with E-state index in [1.54, 1.807) is 37.3 Å². The summed E-state index contributed by atoms with van der Waals surface area (Å²) >= 11 is 5.89. The molecule has 0 amide bonds. The number of hydrogen-bond donors (Lipinski definition) is 1. The first-order valence-electron chi connectivity index (χ1n) is 8.63. The molecule has 0 spiro atoms. The van der Waals surface area contributed by atoms with Gasteiger partial charge >= 0.3 is 5.97 Å². The summed E-state index contributed by atoms with van der Waals surface area (Å²) in [4.78, 5) is 25.0. The molecule has 0 bridgehead atoms. The lowest BCUT2D eigenvalue weighted by atomic mass is 10.0. The molecule has 1 heterocycles. The fourth-order valence-electron chi connectivity index (χ4n) is 3.29. The van der Waals surface area contributed by atoms with Gasteiger partial charge in [-0.05, 0) is 49.7 Å². The number of methoxy groups -OCH3 is 1. The van der Waals surface area contributed by atoms with Crippen LogP contribution in [0.2, 0.25) is 5.02 Å². The van der Waals surface area contributed by atoms with Crippen molar-refractivity contribution in [3.63, 3.8) is 0 Å². The molecule has 28 heavy (non-hydrogen) atoms. The van der Waals surface area contributed by atoms with Crippen molar-refractivity contribution in [1.82, 2.24) is 4.57 Å². The van der Waals surface area contributed by atoms with Crippen molar-refractivity contribution in [2.45, 2.75) is 26.4 Å². The van der Waals surface area contributed by atoms with E-state index >= 15 is 4.39 Å². The Morgan fingerprint density at radius 2 is 1.86 bits per heavy atom. The van der Waals surface area contributed by atoms with Gasteiger partial charge in [0.2, 0.25) is 0 Å². The molecule has 0 radical (unpaired) electrons. The molecule has 1 aromatic heterocycles. The van der Waals surface area contributed by atoms with Crippen LogP contribution in [0.15, 0.2) is 36.4 Å². The zero-order valence-electron chi connectivity index (χ0n) is 15.6. The van der Waals surface area contributed by atoms with E-state index in [9.17, 15) is 14.7 Å². The van der Waals surface area contributed by atoms with Crippen LogP contribution in [-0.4, -0.2) is 28.7 Å². The molecule has 3 aromatic rings. The molecule has 0 saturated heterocycles. The van der Waals surface area contributed by atoms with E-state index in [0.717, 1.165) is 0 Å². The van der Waals surface area contributed by atoms with E-state index in [1.165, 1.54) is 24.7 Å². The molecule has 146 valence electrons. The molecular formula is C21H19ClFNO4. The average molecular weight is 404 g/mol. The molecule has 1 unspecified atom stereocenters. The van der Waals surface area contributed by atoms with Gasteiger partial charge in [0.1, 0.15) is 5.82 Å². The summed E-state index contributed by atoms with van der Waals surface area (Å²) in [6.45, 7) is 3.10. The van der Waals surface area contributed by atoms with Crippen molar-refractivity contribution < 1.29 is 23.8 Å². The van der Waals surface area contributed by atoms with Crippen LogP contribution >= 0.6 is 11.6 Å². The maximum Gasteiger partial charge on any atom is 0.310 e. The Bertz CT molecular complexity index is 1070. The normalized spacial score (nSPS) is 12.2. The number of carbonyl (C=O) groups excluding carboxylic acids is 2. The number of nitrogens with zero attached hydrogens (tertiary/aromatic N) is 1. The molecule has 5 nitrogen and oxygen atoms in total. The third kappa shape index (κ3) is 3.41. The van der Waals surface area contributed by atoms with Gasteiger partial charge in [0.15, 0.2) is 0 Å². The highest BCUT2D eigenvalue weighted by Gasteiger charge is 2.26. The number of carbonyl (C=O) groups is 2. The number of fused-ring (bicyclic) bond motifs is 1. The molecule has 0 aliphatic heterocycles. The largest absolute Gasteiger partial charge is 0.469 e. The van der Waals surface area contributed by atoms with Gasteiger partial charge in [-0.3, -0.25) is 14.2 Å². The molecule has 1 atom stereocenters. The lowest BCUT2D eigenvalue weighted by Gasteiger charge is -2.09. The number of ether oxygens (including phenoxy) is 1. The van der Waals surface area contributed by atoms with Gasteiger partial charge in [-0.2, -0.15) is 0 Å². The summed E-state index contributed by atoms with van der Waals surface area (Å²) in [6, 6.07) is 9.36. The highest BCUT2D eigenvalue weighted by Crippen LogP contribution is 2.33. The van der Waals surface area contributed by atoms with Crippen molar-refractivity contribution in [2.24, 2.45) is 0 Å². The Morgan fingerprint density at radius 3 is 2.43 bits per heavy atom. The Morgan fingerprint density at radius 1 is 1.21 bits per heavy atom. The summed E-state index contributed by atoms with van der Waals surface area (Å²) in [7, 11) is 1.24. The maximum absolute atomic E-state index is 15.2. The second-order valence-electron chi connectivity index (χ2n) is 6.50. The SMILES string of the molecule is COC(=O)Cc1c(C)n(C(=O)c2ccc(Cl)cc2)c2ccc(C(C)O)c(F)c12. The molecule has 1 N–H and O–H groups in total. The molecule has 0 fully saturated rings. The van der Waals surface area contributed by atoms with Crippen molar-refractivity contribution in [3.8, 4) is 0 Å². The standard InChI is InChI=1S/C21H19ClFNO4/c1-11-16(10-18(26)28-3)19-17(9-8-15(12(2)25)20(19)23)24(11)21(27)13-4-6-14(22)7-5-13/h4-9,12,25H,10H2,1-3H3. The number of rotatable bonds is 4. The van der Waals surface area contributed by atoms with E-state index in [2.05, 4.69) is 0 Å². The van der Waals surface area contributed by atoms with Crippen LogP contribution in [0, 0.1) is 12.7 Å². The van der Waals surface area contributed by atoms with E-state index in [1.807, 2.05) is 0 Å². The summed E-state index contributed by atoms with van der Waals surface area (Å²) in [5.74, 6) is -1.58. The smallest absolute Gasteiger partial charge is 0.310 e. The van der Waals surface area contributed by atoms with Crippen LogP contribution in [0.5, 0.6) is 0 Å². The third-order valence-corrected chi connectivity index (χ3v) is 5.01. The van der Waals surface area contributed by atoms with Crippen molar-refractivity contribution in [1.29, 1.82) is 0 Å². The number of aliphatic hydroxyl groups is 1. The van der Waals surface area contributed by atoms with Crippen molar-refractivity contribution in [3.05, 3.63) is 69.6 Å². The van der Waals surface area contributed by atoms with Gasteiger partial charge in [-0.25, -0.2) is 4.39 Å². The summed E-state index contributed by atoms with van der Waals surface area (Å²) < 4.78 is 21.3. The van der Waals surface area contributed by atoms with E-state index in [0.29, 0.717) is 27.4 Å². The Balaban J connectivity index is 2.29. The maximum atomic E-state index is 15.2. The number of hydrogen-bond acceptors (Lipinski definition) is 4. The van der Waals surface area contributed by atoms with Crippen LogP contribution in [0.1, 0.15) is 40.2 Å². The minimum Gasteiger partial charge on any atom is -0.469 e. The summed E-state index contributed by atoms with van der Waals surface area (Å²) in [5.41, 5.74) is 1.56. The van der Waals surface area contributed by atoms with Crippen LogP contribution in [0.4, 0.5) is 4.39 Å². The monoisotopic (exact) mass is 403 g/mol. The molecular weight excluding hydrogens is 385 g/mol. The van der Waals surface area contributed by atoms with Crippen molar-refractivity contribution >= 4 is 34.4 Å². The highest BCUT2D eigenvalue weighted by molar-refractivity contribution is 6.30. The Hall–Kier alpha value is -2.70. The van der Waals surface area contributed by atoms with Gasteiger partial charge < -0.3 is 9.84 Å². The first kappa shape index (κ1) is 20.0. The van der Waals surface area contributed by atoms with Gasteiger partial charge in [-0.15, -0.1) is 0 Å². The van der Waals surface area contributed by atoms with Gasteiger partial charge in [-0.1, -0.05) is 17.7 Å². The predicted molar refractivity (Wildman–Crippen MR) is 104 cm³/mol. The second kappa shape index (κ2) is 7.73. The fraction of sp³-hybridized carbons (Fsp3) is 0.238.